The minimum Gasteiger partial charge on any atom is -0.484 e. The van der Waals surface area contributed by atoms with Gasteiger partial charge in [0.05, 0.1) is 12.8 Å². The van der Waals surface area contributed by atoms with E-state index in [0.717, 1.165) is 0 Å². The van der Waals surface area contributed by atoms with E-state index in [1.807, 2.05) is 0 Å². The van der Waals surface area contributed by atoms with Crippen LogP contribution in [0.3, 0.4) is 0 Å². The summed E-state index contributed by atoms with van der Waals surface area (Å²) in [5.74, 6) is 1.89. The molecule has 3 amide bonds. The third kappa shape index (κ3) is 6.96. The van der Waals surface area contributed by atoms with Gasteiger partial charge < -0.3 is 25.1 Å². The van der Waals surface area contributed by atoms with E-state index >= 15 is 0 Å². The van der Waals surface area contributed by atoms with Gasteiger partial charge in [0, 0.05) is 24.7 Å². The number of benzene rings is 1. The van der Waals surface area contributed by atoms with Crippen molar-refractivity contribution >= 4 is 23.4 Å². The molecule has 0 aliphatic heterocycles. The molecule has 0 aliphatic carbocycles. The Kier molecular flexibility index (Phi) is 7.48. The molecule has 0 saturated heterocycles. The first-order valence-corrected chi connectivity index (χ1v) is 8.13. The molecule has 8 nitrogen and oxygen atoms in total. The number of carbonyl (C=O) groups excluding carboxylic acids is 3. The molecule has 27 heavy (non-hydrogen) atoms. The normalized spacial score (nSPS) is 9.74. The lowest BCUT2D eigenvalue weighted by atomic mass is 10.3. The third-order valence-corrected chi connectivity index (χ3v) is 3.27. The number of ether oxygens (including phenoxy) is 1. The number of carbonyl (C=O) groups is 3. The molecular formula is C19H19N3O5. The molecule has 2 rings (SSSR count). The lowest BCUT2D eigenvalue weighted by molar-refractivity contribution is -0.123. The van der Waals surface area contributed by atoms with Gasteiger partial charge in [0.15, 0.2) is 12.4 Å². The van der Waals surface area contributed by atoms with E-state index in [1.54, 1.807) is 36.4 Å². The standard InChI is InChI=1S/C19H19N3O5/c1-2-9-20-17(23)8-10-21-18(24)13-27-15-6-3-5-14(12-15)22-19(25)16-7-4-11-26-16/h1,3-7,11-12H,8-10,13H2,(H,20,23)(H,21,24)(H,22,25). The molecule has 2 aromatic rings. The van der Waals surface area contributed by atoms with Gasteiger partial charge in [0.2, 0.25) is 5.91 Å². The molecule has 0 bridgehead atoms. The number of hydrogen-bond donors (Lipinski definition) is 3. The molecule has 8 heteroatoms. The zero-order valence-corrected chi connectivity index (χ0v) is 14.5. The van der Waals surface area contributed by atoms with Crippen LogP contribution in [0, 0.1) is 12.3 Å². The fourth-order valence-corrected chi connectivity index (χ4v) is 2.02. The molecule has 0 saturated carbocycles. The second-order valence-electron chi connectivity index (χ2n) is 5.33. The van der Waals surface area contributed by atoms with Gasteiger partial charge in [-0.15, -0.1) is 6.42 Å². The van der Waals surface area contributed by atoms with Gasteiger partial charge in [-0.2, -0.15) is 0 Å². The smallest absolute Gasteiger partial charge is 0.291 e. The number of hydrogen-bond acceptors (Lipinski definition) is 5. The molecule has 0 fully saturated rings. The number of furan rings is 1. The highest BCUT2D eigenvalue weighted by Gasteiger charge is 2.09. The highest BCUT2D eigenvalue weighted by Crippen LogP contribution is 2.18. The average molecular weight is 369 g/mol. The van der Waals surface area contributed by atoms with Crippen molar-refractivity contribution in [1.82, 2.24) is 10.6 Å². The number of rotatable bonds is 9. The highest BCUT2D eigenvalue weighted by atomic mass is 16.5. The van der Waals surface area contributed by atoms with E-state index in [0.29, 0.717) is 11.4 Å². The Balaban J connectivity index is 1.74. The summed E-state index contributed by atoms with van der Waals surface area (Å²) < 4.78 is 10.4. The van der Waals surface area contributed by atoms with Gasteiger partial charge >= 0.3 is 0 Å². The summed E-state index contributed by atoms with van der Waals surface area (Å²) in [5.41, 5.74) is 0.500. The summed E-state index contributed by atoms with van der Waals surface area (Å²) in [4.78, 5) is 35.0. The molecule has 0 aliphatic rings. The van der Waals surface area contributed by atoms with E-state index in [9.17, 15) is 14.4 Å². The summed E-state index contributed by atoms with van der Waals surface area (Å²) in [6.07, 6.45) is 6.57. The predicted molar refractivity (Wildman–Crippen MR) is 98.1 cm³/mol. The highest BCUT2D eigenvalue weighted by molar-refractivity contribution is 6.02. The fraction of sp³-hybridized carbons (Fsp3) is 0.211. The van der Waals surface area contributed by atoms with Crippen molar-refractivity contribution in [2.75, 3.05) is 25.0 Å². The van der Waals surface area contributed by atoms with Crippen molar-refractivity contribution in [3.63, 3.8) is 0 Å². The Morgan fingerprint density at radius 2 is 1.96 bits per heavy atom. The first-order chi connectivity index (χ1) is 13.1. The molecule has 1 aromatic carbocycles. The molecule has 3 N–H and O–H groups in total. The summed E-state index contributed by atoms with van der Waals surface area (Å²) in [7, 11) is 0. The van der Waals surface area contributed by atoms with Crippen molar-refractivity contribution in [3.05, 3.63) is 48.4 Å². The number of terminal acetylenes is 1. The molecule has 0 radical (unpaired) electrons. The summed E-state index contributed by atoms with van der Waals surface area (Å²) in [6.45, 7) is 0.113. The van der Waals surface area contributed by atoms with Crippen LogP contribution in [0.15, 0.2) is 47.1 Å². The summed E-state index contributed by atoms with van der Waals surface area (Å²) in [5, 5.41) is 7.73. The SMILES string of the molecule is C#CCNC(=O)CCNC(=O)COc1cccc(NC(=O)c2ccco2)c1. The Morgan fingerprint density at radius 1 is 1.11 bits per heavy atom. The van der Waals surface area contributed by atoms with Crippen LogP contribution in [0.25, 0.3) is 0 Å². The quantitative estimate of drug-likeness (QED) is 0.575. The van der Waals surface area contributed by atoms with Gasteiger partial charge in [-0.3, -0.25) is 14.4 Å². The predicted octanol–water partition coefficient (Wildman–Crippen LogP) is 1.17. The van der Waals surface area contributed by atoms with Crippen molar-refractivity contribution in [1.29, 1.82) is 0 Å². The molecular weight excluding hydrogens is 350 g/mol. The van der Waals surface area contributed by atoms with Crippen LogP contribution in [0.2, 0.25) is 0 Å². The van der Waals surface area contributed by atoms with Crippen LogP contribution in [-0.4, -0.2) is 37.4 Å². The van der Waals surface area contributed by atoms with Crippen LogP contribution in [-0.2, 0) is 9.59 Å². The average Bonchev–Trinajstić information content (AvgIpc) is 3.20. The number of anilines is 1. The van der Waals surface area contributed by atoms with Crippen molar-refractivity contribution in [3.8, 4) is 18.1 Å². The minimum absolute atomic E-state index is 0.127. The summed E-state index contributed by atoms with van der Waals surface area (Å²) in [6, 6.07) is 9.77. The zero-order chi connectivity index (χ0) is 19.5. The van der Waals surface area contributed by atoms with E-state index < -0.39 is 5.91 Å². The van der Waals surface area contributed by atoms with Gasteiger partial charge in [0.1, 0.15) is 5.75 Å². The molecule has 1 aromatic heterocycles. The lowest BCUT2D eigenvalue weighted by Gasteiger charge is -2.09. The first-order valence-electron chi connectivity index (χ1n) is 8.13. The molecule has 0 unspecified atom stereocenters. The second-order valence-corrected chi connectivity index (χ2v) is 5.33. The fourth-order valence-electron chi connectivity index (χ4n) is 2.02. The summed E-state index contributed by atoms with van der Waals surface area (Å²) >= 11 is 0. The Hall–Kier alpha value is -3.73. The topological polar surface area (TPSA) is 110 Å². The van der Waals surface area contributed by atoms with Gasteiger partial charge in [-0.1, -0.05) is 12.0 Å². The molecule has 0 spiro atoms. The van der Waals surface area contributed by atoms with Crippen LogP contribution < -0.4 is 20.7 Å². The van der Waals surface area contributed by atoms with Crippen LogP contribution in [0.4, 0.5) is 5.69 Å². The van der Waals surface area contributed by atoms with E-state index in [-0.39, 0.29) is 43.7 Å². The largest absolute Gasteiger partial charge is 0.484 e. The zero-order valence-electron chi connectivity index (χ0n) is 14.5. The second kappa shape index (κ2) is 10.3. The van der Waals surface area contributed by atoms with Crippen molar-refractivity contribution in [2.24, 2.45) is 0 Å². The van der Waals surface area contributed by atoms with Crippen LogP contribution >= 0.6 is 0 Å². The van der Waals surface area contributed by atoms with E-state index in [2.05, 4.69) is 21.9 Å². The Bertz CT molecular complexity index is 824. The monoisotopic (exact) mass is 369 g/mol. The minimum atomic E-state index is -0.391. The third-order valence-electron chi connectivity index (χ3n) is 3.27. The van der Waals surface area contributed by atoms with Gasteiger partial charge in [-0.25, -0.2) is 0 Å². The Labute approximate surface area is 156 Å². The number of amides is 3. The maximum Gasteiger partial charge on any atom is 0.291 e. The van der Waals surface area contributed by atoms with Gasteiger partial charge in [0.25, 0.3) is 11.8 Å². The van der Waals surface area contributed by atoms with Gasteiger partial charge in [-0.05, 0) is 24.3 Å². The maximum atomic E-state index is 11.9. The van der Waals surface area contributed by atoms with Crippen molar-refractivity contribution < 1.29 is 23.5 Å². The Morgan fingerprint density at radius 3 is 2.70 bits per heavy atom. The van der Waals surface area contributed by atoms with Crippen LogP contribution in [0.1, 0.15) is 17.0 Å². The molecule has 1 heterocycles. The number of nitrogens with one attached hydrogen (secondary N) is 3. The van der Waals surface area contributed by atoms with Crippen molar-refractivity contribution in [2.45, 2.75) is 6.42 Å². The lowest BCUT2D eigenvalue weighted by Crippen LogP contribution is -2.33. The van der Waals surface area contributed by atoms with Crippen LogP contribution in [0.5, 0.6) is 5.75 Å². The molecule has 140 valence electrons. The van der Waals surface area contributed by atoms with E-state index in [1.165, 1.54) is 6.26 Å². The van der Waals surface area contributed by atoms with E-state index in [4.69, 9.17) is 15.6 Å². The maximum absolute atomic E-state index is 11.9. The molecule has 0 atom stereocenters. The first kappa shape index (κ1) is 19.6.